The molecule has 0 saturated heterocycles. The van der Waals surface area contributed by atoms with Crippen molar-refractivity contribution in [2.24, 2.45) is 5.73 Å². The predicted molar refractivity (Wildman–Crippen MR) is 51.0 cm³/mol. The van der Waals surface area contributed by atoms with E-state index in [-0.39, 0.29) is 0 Å². The molecule has 0 aromatic heterocycles. The number of anilines is 1. The standard InChI is InChI=1S/C6H5Cl2N.CH5N/c7-4-1-5(8)3-6(9)2-4;1-2/h1-3H,9H2;2H2,1H3. The van der Waals surface area contributed by atoms with Gasteiger partial charge in [-0.15, -0.1) is 0 Å². The molecule has 1 rings (SSSR count). The van der Waals surface area contributed by atoms with Crippen molar-refractivity contribution in [1.82, 2.24) is 0 Å². The minimum absolute atomic E-state index is 0.569. The van der Waals surface area contributed by atoms with E-state index >= 15 is 0 Å². The Morgan fingerprint density at radius 3 is 1.64 bits per heavy atom. The van der Waals surface area contributed by atoms with E-state index in [4.69, 9.17) is 28.9 Å². The zero-order valence-electron chi connectivity index (χ0n) is 6.14. The van der Waals surface area contributed by atoms with Gasteiger partial charge in [0.1, 0.15) is 0 Å². The molecule has 1 aromatic carbocycles. The molecule has 0 spiro atoms. The van der Waals surface area contributed by atoms with E-state index in [1.54, 1.807) is 18.2 Å². The fourth-order valence-corrected chi connectivity index (χ4v) is 1.12. The smallest absolute Gasteiger partial charge is 0.0441 e. The molecule has 0 radical (unpaired) electrons. The third-order valence-electron chi connectivity index (χ3n) is 0.885. The Kier molecular flexibility index (Phi) is 5.03. The van der Waals surface area contributed by atoms with Gasteiger partial charge >= 0.3 is 0 Å². The molecule has 0 unspecified atom stereocenters. The van der Waals surface area contributed by atoms with Crippen LogP contribution in [-0.4, -0.2) is 7.05 Å². The van der Waals surface area contributed by atoms with Gasteiger partial charge in [-0.2, -0.15) is 0 Å². The predicted octanol–water partition coefficient (Wildman–Crippen LogP) is 2.15. The lowest BCUT2D eigenvalue weighted by molar-refractivity contribution is 1.48. The van der Waals surface area contributed by atoms with E-state index in [1.165, 1.54) is 7.05 Å². The second-order valence-corrected chi connectivity index (χ2v) is 2.58. The average Bonchev–Trinajstić information content (AvgIpc) is 1.88. The highest BCUT2D eigenvalue weighted by atomic mass is 35.5. The largest absolute Gasteiger partial charge is 0.399 e. The summed E-state index contributed by atoms with van der Waals surface area (Å²) in [6.07, 6.45) is 0. The number of hydrogen-bond donors (Lipinski definition) is 2. The summed E-state index contributed by atoms with van der Waals surface area (Å²) in [6, 6.07) is 4.93. The van der Waals surface area contributed by atoms with Gasteiger partial charge in [-0.25, -0.2) is 0 Å². The lowest BCUT2D eigenvalue weighted by Crippen LogP contribution is -1.82. The van der Waals surface area contributed by atoms with E-state index in [9.17, 15) is 0 Å². The summed E-state index contributed by atoms with van der Waals surface area (Å²) in [5, 5.41) is 1.14. The lowest BCUT2D eigenvalue weighted by atomic mass is 10.3. The van der Waals surface area contributed by atoms with Crippen molar-refractivity contribution in [3.8, 4) is 0 Å². The topological polar surface area (TPSA) is 52.0 Å². The van der Waals surface area contributed by atoms with Crippen molar-refractivity contribution in [3.63, 3.8) is 0 Å². The Bertz CT molecular complexity index is 175. The second kappa shape index (κ2) is 5.24. The minimum Gasteiger partial charge on any atom is -0.399 e. The van der Waals surface area contributed by atoms with Crippen molar-refractivity contribution >= 4 is 28.9 Å². The molecule has 2 nitrogen and oxygen atoms in total. The Labute approximate surface area is 76.1 Å². The van der Waals surface area contributed by atoms with Gasteiger partial charge < -0.3 is 11.5 Å². The van der Waals surface area contributed by atoms with Crippen LogP contribution in [0.2, 0.25) is 10.0 Å². The van der Waals surface area contributed by atoms with Crippen LogP contribution in [0.3, 0.4) is 0 Å². The highest BCUT2D eigenvalue weighted by Crippen LogP contribution is 2.19. The number of hydrogen-bond acceptors (Lipinski definition) is 2. The Hall–Kier alpha value is -0.440. The SMILES string of the molecule is CN.Nc1cc(Cl)cc(Cl)c1. The van der Waals surface area contributed by atoms with Gasteiger partial charge in [0.25, 0.3) is 0 Å². The van der Waals surface area contributed by atoms with E-state index in [2.05, 4.69) is 5.73 Å². The first kappa shape index (κ1) is 10.6. The van der Waals surface area contributed by atoms with Crippen molar-refractivity contribution < 1.29 is 0 Å². The maximum Gasteiger partial charge on any atom is 0.0441 e. The second-order valence-electron chi connectivity index (χ2n) is 1.70. The molecule has 0 heterocycles. The molecular formula is C7H10Cl2N2. The first-order valence-electron chi connectivity index (χ1n) is 2.98. The number of benzene rings is 1. The number of nitrogens with two attached hydrogens (primary N) is 2. The van der Waals surface area contributed by atoms with Gasteiger partial charge in [0.15, 0.2) is 0 Å². The molecule has 0 aliphatic carbocycles. The molecule has 0 atom stereocenters. The number of nitrogen functional groups attached to an aromatic ring is 1. The molecule has 0 fully saturated rings. The van der Waals surface area contributed by atoms with Crippen molar-refractivity contribution in [2.75, 3.05) is 12.8 Å². The summed E-state index contributed by atoms with van der Waals surface area (Å²) in [6.45, 7) is 0. The van der Waals surface area contributed by atoms with Gasteiger partial charge in [-0.05, 0) is 25.2 Å². The van der Waals surface area contributed by atoms with Crippen LogP contribution in [0, 0.1) is 0 Å². The first-order chi connectivity index (χ1) is 5.18. The Morgan fingerprint density at radius 2 is 1.36 bits per heavy atom. The van der Waals surface area contributed by atoms with Gasteiger partial charge in [0, 0.05) is 15.7 Å². The number of halogens is 2. The minimum atomic E-state index is 0.569. The Balaban J connectivity index is 0.000000461. The normalized spacial score (nSPS) is 8.36. The summed E-state index contributed by atoms with van der Waals surface area (Å²) in [5.41, 5.74) is 10.5. The van der Waals surface area contributed by atoms with E-state index < -0.39 is 0 Å². The molecule has 4 N–H and O–H groups in total. The fourth-order valence-electron chi connectivity index (χ4n) is 0.575. The van der Waals surface area contributed by atoms with Crippen LogP contribution in [0.5, 0.6) is 0 Å². The maximum atomic E-state index is 5.59. The van der Waals surface area contributed by atoms with E-state index in [1.807, 2.05) is 0 Å². The van der Waals surface area contributed by atoms with Crippen LogP contribution in [0.1, 0.15) is 0 Å². The first-order valence-corrected chi connectivity index (χ1v) is 3.73. The zero-order chi connectivity index (χ0) is 8.85. The van der Waals surface area contributed by atoms with Gasteiger partial charge in [0.05, 0.1) is 0 Å². The molecule has 11 heavy (non-hydrogen) atoms. The van der Waals surface area contributed by atoms with Crippen molar-refractivity contribution in [1.29, 1.82) is 0 Å². The lowest BCUT2D eigenvalue weighted by Gasteiger charge is -1.93. The van der Waals surface area contributed by atoms with Gasteiger partial charge in [-0.3, -0.25) is 0 Å². The molecule has 0 aliphatic heterocycles. The molecule has 62 valence electrons. The molecule has 0 amide bonds. The molecular weight excluding hydrogens is 183 g/mol. The van der Waals surface area contributed by atoms with Crippen LogP contribution < -0.4 is 11.5 Å². The van der Waals surface area contributed by atoms with Gasteiger partial charge in [-0.1, -0.05) is 23.2 Å². The van der Waals surface area contributed by atoms with Gasteiger partial charge in [0.2, 0.25) is 0 Å². The maximum absolute atomic E-state index is 5.59. The van der Waals surface area contributed by atoms with Crippen molar-refractivity contribution in [2.45, 2.75) is 0 Å². The average molecular weight is 193 g/mol. The summed E-state index contributed by atoms with van der Waals surface area (Å²) < 4.78 is 0. The van der Waals surface area contributed by atoms with Crippen molar-refractivity contribution in [3.05, 3.63) is 28.2 Å². The molecule has 0 bridgehead atoms. The molecule has 0 saturated carbocycles. The van der Waals surface area contributed by atoms with Crippen LogP contribution in [-0.2, 0) is 0 Å². The van der Waals surface area contributed by atoms with E-state index in [0.29, 0.717) is 15.7 Å². The third kappa shape index (κ3) is 4.09. The third-order valence-corrected chi connectivity index (χ3v) is 1.32. The van der Waals surface area contributed by atoms with Crippen LogP contribution in [0.15, 0.2) is 18.2 Å². The monoisotopic (exact) mass is 192 g/mol. The molecule has 4 heteroatoms. The Morgan fingerprint density at radius 1 is 1.00 bits per heavy atom. The highest BCUT2D eigenvalue weighted by Gasteiger charge is 1.91. The number of rotatable bonds is 0. The summed E-state index contributed by atoms with van der Waals surface area (Å²) in [7, 11) is 1.50. The van der Waals surface area contributed by atoms with Crippen LogP contribution in [0.25, 0.3) is 0 Å². The quantitative estimate of drug-likeness (QED) is 0.620. The summed E-state index contributed by atoms with van der Waals surface area (Å²) in [4.78, 5) is 0. The molecule has 0 aliphatic rings. The van der Waals surface area contributed by atoms with Crippen LogP contribution in [0.4, 0.5) is 5.69 Å². The summed E-state index contributed by atoms with van der Waals surface area (Å²) in [5.74, 6) is 0. The highest BCUT2D eigenvalue weighted by molar-refractivity contribution is 6.35. The fraction of sp³-hybridized carbons (Fsp3) is 0.143. The van der Waals surface area contributed by atoms with E-state index in [0.717, 1.165) is 0 Å². The zero-order valence-corrected chi connectivity index (χ0v) is 7.65. The molecule has 1 aromatic rings. The van der Waals surface area contributed by atoms with Crippen LogP contribution >= 0.6 is 23.2 Å². The summed E-state index contributed by atoms with van der Waals surface area (Å²) >= 11 is 11.2.